The van der Waals surface area contributed by atoms with Gasteiger partial charge in [0.15, 0.2) is 0 Å². The molecule has 0 N–H and O–H groups in total. The first-order valence-electron chi connectivity index (χ1n) is 7.13. The lowest BCUT2D eigenvalue weighted by Crippen LogP contribution is -2.43. The molecule has 0 spiro atoms. The molecule has 0 aliphatic heterocycles. The first-order chi connectivity index (χ1) is 9.19. The Kier molecular flexibility index (Phi) is 7.94. The summed E-state index contributed by atoms with van der Waals surface area (Å²) in [7, 11) is 1.37. The number of amides is 1. The minimum atomic E-state index is -0.321. The zero-order valence-electron chi connectivity index (χ0n) is 12.0. The molecule has 1 amide bonds. The van der Waals surface area contributed by atoms with Crippen LogP contribution in [0.5, 0.6) is 0 Å². The molecular weight excluding hydrogens is 262 g/mol. The van der Waals surface area contributed by atoms with Crippen LogP contribution in [0.4, 0.5) is 0 Å². The third-order valence-corrected chi connectivity index (χ3v) is 4.51. The van der Waals surface area contributed by atoms with Crippen LogP contribution in [0.3, 0.4) is 0 Å². The van der Waals surface area contributed by atoms with E-state index in [1.807, 2.05) is 0 Å². The summed E-state index contributed by atoms with van der Waals surface area (Å²) in [6.07, 6.45) is 6.62. The van der Waals surface area contributed by atoms with Crippen LogP contribution in [0.1, 0.15) is 45.4 Å². The molecule has 0 radical (unpaired) electrons. The molecule has 1 aliphatic rings. The molecule has 1 saturated carbocycles. The number of hydrogen-bond donors (Lipinski definition) is 0. The SMILES string of the molecule is CCCCSCC(=O)N(CC(=O)OC)C1CCCC1. The maximum Gasteiger partial charge on any atom is 0.325 e. The van der Waals surface area contributed by atoms with Crippen molar-refractivity contribution in [2.75, 3.05) is 25.2 Å². The fourth-order valence-electron chi connectivity index (χ4n) is 2.33. The molecule has 5 heteroatoms. The predicted molar refractivity (Wildman–Crippen MR) is 78.2 cm³/mol. The van der Waals surface area contributed by atoms with Gasteiger partial charge in [-0.05, 0) is 25.0 Å². The van der Waals surface area contributed by atoms with Crippen LogP contribution < -0.4 is 0 Å². The molecule has 0 unspecified atom stereocenters. The quantitative estimate of drug-likeness (QED) is 0.508. The molecule has 110 valence electrons. The number of nitrogens with zero attached hydrogens (tertiary/aromatic N) is 1. The lowest BCUT2D eigenvalue weighted by Gasteiger charge is -2.27. The second-order valence-corrected chi connectivity index (χ2v) is 6.05. The van der Waals surface area contributed by atoms with Gasteiger partial charge in [0.25, 0.3) is 0 Å². The van der Waals surface area contributed by atoms with Gasteiger partial charge in [-0.25, -0.2) is 0 Å². The molecule has 1 rings (SSSR count). The zero-order valence-corrected chi connectivity index (χ0v) is 12.8. The summed E-state index contributed by atoms with van der Waals surface area (Å²) in [5.41, 5.74) is 0. The molecule has 19 heavy (non-hydrogen) atoms. The molecular formula is C14H25NO3S. The number of methoxy groups -OCH3 is 1. The topological polar surface area (TPSA) is 46.6 Å². The number of ether oxygens (including phenoxy) is 1. The highest BCUT2D eigenvalue weighted by Gasteiger charge is 2.28. The number of hydrogen-bond acceptors (Lipinski definition) is 4. The number of thioether (sulfide) groups is 1. The van der Waals surface area contributed by atoms with Crippen LogP contribution in [-0.4, -0.2) is 48.0 Å². The van der Waals surface area contributed by atoms with Gasteiger partial charge in [-0.15, -0.1) is 0 Å². The highest BCUT2D eigenvalue weighted by Crippen LogP contribution is 2.24. The summed E-state index contributed by atoms with van der Waals surface area (Å²) in [4.78, 5) is 25.4. The van der Waals surface area contributed by atoms with Gasteiger partial charge in [0.05, 0.1) is 12.9 Å². The van der Waals surface area contributed by atoms with E-state index in [0.29, 0.717) is 5.75 Å². The average molecular weight is 287 g/mol. The summed E-state index contributed by atoms with van der Waals surface area (Å²) in [5, 5.41) is 0. The highest BCUT2D eigenvalue weighted by molar-refractivity contribution is 7.99. The van der Waals surface area contributed by atoms with E-state index >= 15 is 0 Å². The summed E-state index contributed by atoms with van der Waals surface area (Å²) in [6, 6.07) is 0.235. The minimum absolute atomic E-state index is 0.0819. The van der Waals surface area contributed by atoms with Crippen LogP contribution in [-0.2, 0) is 14.3 Å². The van der Waals surface area contributed by atoms with Crippen molar-refractivity contribution >= 4 is 23.6 Å². The van der Waals surface area contributed by atoms with E-state index in [1.165, 1.54) is 7.11 Å². The summed E-state index contributed by atoms with van der Waals surface area (Å²) in [5.74, 6) is 1.25. The van der Waals surface area contributed by atoms with E-state index in [-0.39, 0.29) is 24.5 Å². The first-order valence-corrected chi connectivity index (χ1v) is 8.28. The van der Waals surface area contributed by atoms with E-state index in [1.54, 1.807) is 16.7 Å². The van der Waals surface area contributed by atoms with Gasteiger partial charge in [-0.1, -0.05) is 26.2 Å². The van der Waals surface area contributed by atoms with Crippen molar-refractivity contribution in [2.45, 2.75) is 51.5 Å². The Morgan fingerprint density at radius 3 is 2.58 bits per heavy atom. The third kappa shape index (κ3) is 5.85. The Balaban J connectivity index is 2.46. The van der Waals surface area contributed by atoms with Crippen molar-refractivity contribution in [2.24, 2.45) is 0 Å². The van der Waals surface area contributed by atoms with Crippen LogP contribution in [0, 0.1) is 0 Å². The maximum atomic E-state index is 12.2. The normalized spacial score (nSPS) is 15.5. The van der Waals surface area contributed by atoms with Crippen molar-refractivity contribution in [3.63, 3.8) is 0 Å². The molecule has 0 aromatic heterocycles. The van der Waals surface area contributed by atoms with Crippen LogP contribution >= 0.6 is 11.8 Å². The second-order valence-electron chi connectivity index (χ2n) is 4.94. The monoisotopic (exact) mass is 287 g/mol. The van der Waals surface area contributed by atoms with Crippen LogP contribution in [0.15, 0.2) is 0 Å². The molecule has 0 atom stereocenters. The lowest BCUT2D eigenvalue weighted by molar-refractivity contribution is -0.147. The van der Waals surface area contributed by atoms with E-state index in [9.17, 15) is 9.59 Å². The standard InChI is InChI=1S/C14H25NO3S/c1-3-4-9-19-11-13(16)15(10-14(17)18-2)12-7-5-6-8-12/h12H,3-11H2,1-2H3. The number of carbonyl (C=O) groups excluding carboxylic acids is 2. The van der Waals surface area contributed by atoms with Crippen molar-refractivity contribution < 1.29 is 14.3 Å². The van der Waals surface area contributed by atoms with Crippen LogP contribution in [0.2, 0.25) is 0 Å². The Morgan fingerprint density at radius 1 is 1.32 bits per heavy atom. The molecule has 4 nitrogen and oxygen atoms in total. The lowest BCUT2D eigenvalue weighted by atomic mass is 10.2. The number of rotatable bonds is 8. The van der Waals surface area contributed by atoms with Gasteiger partial charge in [0.2, 0.25) is 5.91 Å². The summed E-state index contributed by atoms with van der Waals surface area (Å²) < 4.78 is 4.69. The number of esters is 1. The minimum Gasteiger partial charge on any atom is -0.468 e. The van der Waals surface area contributed by atoms with Crippen molar-refractivity contribution in [1.82, 2.24) is 4.90 Å². The molecule has 1 aliphatic carbocycles. The van der Waals surface area contributed by atoms with E-state index in [2.05, 4.69) is 6.92 Å². The van der Waals surface area contributed by atoms with Gasteiger partial charge >= 0.3 is 5.97 Å². The average Bonchev–Trinajstić information content (AvgIpc) is 2.94. The Bertz CT molecular complexity index is 290. The molecule has 0 saturated heterocycles. The summed E-state index contributed by atoms with van der Waals surface area (Å²) >= 11 is 1.66. The van der Waals surface area contributed by atoms with Crippen LogP contribution in [0.25, 0.3) is 0 Å². The van der Waals surface area contributed by atoms with E-state index < -0.39 is 0 Å². The zero-order chi connectivity index (χ0) is 14.1. The molecule has 0 bridgehead atoms. The fraction of sp³-hybridized carbons (Fsp3) is 0.857. The van der Waals surface area contributed by atoms with E-state index in [4.69, 9.17) is 4.74 Å². The Labute approximate surface area is 120 Å². The van der Waals surface area contributed by atoms with Gasteiger partial charge in [0, 0.05) is 6.04 Å². The van der Waals surface area contributed by atoms with Gasteiger partial charge in [-0.3, -0.25) is 9.59 Å². The second kappa shape index (κ2) is 9.23. The largest absolute Gasteiger partial charge is 0.468 e. The van der Waals surface area contributed by atoms with Gasteiger partial charge in [-0.2, -0.15) is 11.8 Å². The highest BCUT2D eigenvalue weighted by atomic mass is 32.2. The third-order valence-electron chi connectivity index (χ3n) is 3.48. The summed E-state index contributed by atoms with van der Waals surface area (Å²) in [6.45, 7) is 2.25. The molecule has 0 heterocycles. The fourth-order valence-corrected chi connectivity index (χ4v) is 3.31. The maximum absolute atomic E-state index is 12.2. The Hall–Kier alpha value is -0.710. The van der Waals surface area contributed by atoms with Crippen molar-refractivity contribution in [3.8, 4) is 0 Å². The first kappa shape index (κ1) is 16.3. The van der Waals surface area contributed by atoms with Gasteiger partial charge < -0.3 is 9.64 Å². The number of unbranched alkanes of at least 4 members (excludes halogenated alkanes) is 1. The Morgan fingerprint density at radius 2 is 2.00 bits per heavy atom. The molecule has 1 fully saturated rings. The predicted octanol–water partition coefficient (Wildman–Crippen LogP) is 2.46. The molecule has 0 aromatic carbocycles. The van der Waals surface area contributed by atoms with E-state index in [0.717, 1.165) is 44.3 Å². The molecule has 0 aromatic rings. The number of carbonyl (C=O) groups is 2. The van der Waals surface area contributed by atoms with Crippen molar-refractivity contribution in [1.29, 1.82) is 0 Å². The smallest absolute Gasteiger partial charge is 0.325 e. The van der Waals surface area contributed by atoms with Crippen molar-refractivity contribution in [3.05, 3.63) is 0 Å². The van der Waals surface area contributed by atoms with Gasteiger partial charge in [0.1, 0.15) is 6.54 Å².